The van der Waals surface area contributed by atoms with Crippen LogP contribution in [0.2, 0.25) is 0 Å². The predicted octanol–water partition coefficient (Wildman–Crippen LogP) is 1.62. The number of nitrogens with zero attached hydrogens (tertiary/aromatic N) is 2. The molecular weight excluding hydrogens is 280 g/mol. The third-order valence-corrected chi connectivity index (χ3v) is 3.49. The van der Waals surface area contributed by atoms with Crippen LogP contribution in [0.25, 0.3) is 0 Å². The zero-order chi connectivity index (χ0) is 15.2. The van der Waals surface area contributed by atoms with E-state index < -0.39 is 0 Å². The Bertz CT molecular complexity index is 629. The van der Waals surface area contributed by atoms with Crippen molar-refractivity contribution in [2.75, 3.05) is 31.2 Å². The van der Waals surface area contributed by atoms with E-state index in [0.29, 0.717) is 5.69 Å². The standard InChI is InChI=1S/C16H18N4O2/c21-16(15-2-1-7-17-15)19-18-12-13-3-5-14(6-4-13)20-8-10-22-11-9-20/h1-7,12,17H,8-11H2,(H,19,21)/b18-12-. The highest BCUT2D eigenvalue weighted by molar-refractivity contribution is 5.93. The molecule has 22 heavy (non-hydrogen) atoms. The number of morpholine rings is 1. The lowest BCUT2D eigenvalue weighted by molar-refractivity contribution is 0.0951. The smallest absolute Gasteiger partial charge is 0.287 e. The number of carbonyl (C=O) groups excluding carboxylic acids is 1. The maximum Gasteiger partial charge on any atom is 0.287 e. The summed E-state index contributed by atoms with van der Waals surface area (Å²) in [7, 11) is 0. The van der Waals surface area contributed by atoms with Crippen molar-refractivity contribution in [2.45, 2.75) is 0 Å². The Morgan fingerprint density at radius 2 is 2.00 bits per heavy atom. The van der Waals surface area contributed by atoms with Gasteiger partial charge >= 0.3 is 0 Å². The number of rotatable bonds is 4. The summed E-state index contributed by atoms with van der Waals surface area (Å²) in [6.07, 6.45) is 3.33. The average molecular weight is 298 g/mol. The number of amides is 1. The summed E-state index contributed by atoms with van der Waals surface area (Å²) >= 11 is 0. The number of nitrogens with one attached hydrogen (secondary N) is 2. The van der Waals surface area contributed by atoms with Gasteiger partial charge in [0.05, 0.1) is 19.4 Å². The fraction of sp³-hybridized carbons (Fsp3) is 0.250. The van der Waals surface area contributed by atoms with Gasteiger partial charge in [0, 0.05) is 25.0 Å². The fourth-order valence-corrected chi connectivity index (χ4v) is 2.29. The Balaban J connectivity index is 1.56. The van der Waals surface area contributed by atoms with Crippen molar-refractivity contribution in [3.8, 4) is 0 Å². The lowest BCUT2D eigenvalue weighted by Crippen LogP contribution is -2.36. The van der Waals surface area contributed by atoms with Crippen LogP contribution < -0.4 is 10.3 Å². The molecule has 0 radical (unpaired) electrons. The fourth-order valence-electron chi connectivity index (χ4n) is 2.29. The summed E-state index contributed by atoms with van der Waals surface area (Å²) in [5.74, 6) is -0.258. The third-order valence-electron chi connectivity index (χ3n) is 3.49. The van der Waals surface area contributed by atoms with Crippen molar-refractivity contribution in [3.63, 3.8) is 0 Å². The van der Waals surface area contributed by atoms with E-state index in [1.807, 2.05) is 12.1 Å². The van der Waals surface area contributed by atoms with Crippen molar-refractivity contribution < 1.29 is 9.53 Å². The molecule has 0 aliphatic carbocycles. The average Bonchev–Trinajstić information content (AvgIpc) is 3.11. The van der Waals surface area contributed by atoms with Gasteiger partial charge in [-0.05, 0) is 29.8 Å². The van der Waals surface area contributed by atoms with Crippen LogP contribution in [0.4, 0.5) is 5.69 Å². The molecule has 1 amide bonds. The molecular formula is C16H18N4O2. The maximum atomic E-state index is 11.7. The van der Waals surface area contributed by atoms with Crippen LogP contribution in [-0.2, 0) is 4.74 Å². The highest BCUT2D eigenvalue weighted by Crippen LogP contribution is 2.15. The predicted molar refractivity (Wildman–Crippen MR) is 85.3 cm³/mol. The van der Waals surface area contributed by atoms with Crippen LogP contribution in [0.3, 0.4) is 0 Å². The van der Waals surface area contributed by atoms with Crippen LogP contribution in [0.5, 0.6) is 0 Å². The molecule has 3 rings (SSSR count). The van der Waals surface area contributed by atoms with Gasteiger partial charge in [-0.15, -0.1) is 0 Å². The molecule has 114 valence electrons. The normalized spacial score (nSPS) is 15.2. The van der Waals surface area contributed by atoms with E-state index >= 15 is 0 Å². The zero-order valence-electron chi connectivity index (χ0n) is 12.2. The number of benzene rings is 1. The third kappa shape index (κ3) is 3.53. The Hall–Kier alpha value is -2.60. The van der Waals surface area contributed by atoms with Crippen LogP contribution in [0, 0.1) is 0 Å². The highest BCUT2D eigenvalue weighted by Gasteiger charge is 2.10. The number of carbonyl (C=O) groups is 1. The van der Waals surface area contributed by atoms with Gasteiger partial charge in [0.25, 0.3) is 5.91 Å². The number of hydrogen-bond donors (Lipinski definition) is 2. The highest BCUT2D eigenvalue weighted by atomic mass is 16.5. The molecule has 0 saturated carbocycles. The van der Waals surface area contributed by atoms with Crippen molar-refractivity contribution in [1.82, 2.24) is 10.4 Å². The summed E-state index contributed by atoms with van der Waals surface area (Å²) in [5.41, 5.74) is 5.08. The van der Waals surface area contributed by atoms with Gasteiger partial charge in [-0.3, -0.25) is 4.79 Å². The minimum Gasteiger partial charge on any atom is -0.378 e. The molecule has 0 atom stereocenters. The molecule has 2 aromatic rings. The van der Waals surface area contributed by atoms with Crippen molar-refractivity contribution in [2.24, 2.45) is 5.10 Å². The van der Waals surface area contributed by atoms with E-state index in [2.05, 4.69) is 32.5 Å². The molecule has 6 nitrogen and oxygen atoms in total. The van der Waals surface area contributed by atoms with E-state index in [-0.39, 0.29) is 5.91 Å². The first-order valence-corrected chi connectivity index (χ1v) is 7.22. The van der Waals surface area contributed by atoms with Crippen molar-refractivity contribution in [1.29, 1.82) is 0 Å². The van der Waals surface area contributed by atoms with Crippen LogP contribution in [-0.4, -0.2) is 43.4 Å². The van der Waals surface area contributed by atoms with Gasteiger partial charge in [-0.1, -0.05) is 12.1 Å². The lowest BCUT2D eigenvalue weighted by atomic mass is 10.2. The maximum absolute atomic E-state index is 11.7. The summed E-state index contributed by atoms with van der Waals surface area (Å²) in [4.78, 5) is 16.8. The number of aromatic amines is 1. The topological polar surface area (TPSA) is 69.7 Å². The van der Waals surface area contributed by atoms with Crippen molar-refractivity contribution >= 4 is 17.8 Å². The van der Waals surface area contributed by atoms with Crippen LogP contribution in [0.1, 0.15) is 16.1 Å². The molecule has 1 aliphatic heterocycles. The molecule has 2 N–H and O–H groups in total. The Kier molecular flexibility index (Phi) is 4.50. The minimum atomic E-state index is -0.258. The van der Waals surface area contributed by atoms with E-state index in [1.165, 1.54) is 5.69 Å². The molecule has 1 aromatic heterocycles. The first-order chi connectivity index (χ1) is 10.8. The monoisotopic (exact) mass is 298 g/mol. The second kappa shape index (κ2) is 6.91. The summed E-state index contributed by atoms with van der Waals surface area (Å²) in [6, 6.07) is 11.5. The molecule has 0 unspecified atom stereocenters. The van der Waals surface area contributed by atoms with Crippen LogP contribution in [0.15, 0.2) is 47.7 Å². The number of H-pyrrole nitrogens is 1. The van der Waals surface area contributed by atoms with E-state index in [0.717, 1.165) is 31.9 Å². The molecule has 1 fully saturated rings. The van der Waals surface area contributed by atoms with E-state index in [4.69, 9.17) is 4.74 Å². The minimum absolute atomic E-state index is 0.258. The quantitative estimate of drug-likeness (QED) is 0.665. The van der Waals surface area contributed by atoms with Gasteiger partial charge in [0.15, 0.2) is 0 Å². The molecule has 0 bridgehead atoms. The molecule has 1 saturated heterocycles. The van der Waals surface area contributed by atoms with E-state index in [9.17, 15) is 4.79 Å². The zero-order valence-corrected chi connectivity index (χ0v) is 12.2. The largest absolute Gasteiger partial charge is 0.378 e. The van der Waals surface area contributed by atoms with E-state index in [1.54, 1.807) is 24.5 Å². The van der Waals surface area contributed by atoms with Crippen LogP contribution >= 0.6 is 0 Å². The number of hydrazone groups is 1. The molecule has 6 heteroatoms. The first-order valence-electron chi connectivity index (χ1n) is 7.22. The van der Waals surface area contributed by atoms with Gasteiger partial charge < -0.3 is 14.6 Å². The van der Waals surface area contributed by atoms with Crippen molar-refractivity contribution in [3.05, 3.63) is 53.9 Å². The number of anilines is 1. The van der Waals surface area contributed by atoms with Gasteiger partial charge in [-0.2, -0.15) is 5.10 Å². The second-order valence-electron chi connectivity index (χ2n) is 4.97. The first kappa shape index (κ1) is 14.3. The molecule has 1 aliphatic rings. The SMILES string of the molecule is O=C(N/N=C\c1ccc(N2CCOCC2)cc1)c1ccc[nH]1. The molecule has 0 spiro atoms. The lowest BCUT2D eigenvalue weighted by Gasteiger charge is -2.28. The Morgan fingerprint density at radius 1 is 1.23 bits per heavy atom. The number of aromatic nitrogens is 1. The summed E-state index contributed by atoms with van der Waals surface area (Å²) in [5, 5.41) is 3.96. The summed E-state index contributed by atoms with van der Waals surface area (Å²) < 4.78 is 5.35. The van der Waals surface area contributed by atoms with Gasteiger partial charge in [0.1, 0.15) is 5.69 Å². The number of hydrogen-bond acceptors (Lipinski definition) is 4. The molecule has 2 heterocycles. The summed E-state index contributed by atoms with van der Waals surface area (Å²) in [6.45, 7) is 3.38. The number of ether oxygens (including phenoxy) is 1. The van der Waals surface area contributed by atoms with Gasteiger partial charge in [0.2, 0.25) is 0 Å². The second-order valence-corrected chi connectivity index (χ2v) is 4.97. The van der Waals surface area contributed by atoms with Gasteiger partial charge in [-0.25, -0.2) is 5.43 Å². The molecule has 1 aromatic carbocycles. The Labute approximate surface area is 128 Å². The Morgan fingerprint density at radius 3 is 2.68 bits per heavy atom.